The van der Waals surface area contributed by atoms with Gasteiger partial charge < -0.3 is 26.2 Å². The zero-order valence-corrected chi connectivity index (χ0v) is 18.8. The van der Waals surface area contributed by atoms with Crippen LogP contribution >= 0.6 is 0 Å². The number of rotatable bonds is 11. The number of hydrogen-bond donors (Lipinski definition) is 3. The molecular formula is C22H42N6O2. The maximum Gasteiger partial charge on any atom is 0.222 e. The van der Waals surface area contributed by atoms with Crippen molar-refractivity contribution >= 4 is 17.8 Å². The van der Waals surface area contributed by atoms with Crippen molar-refractivity contribution in [1.82, 2.24) is 20.4 Å². The number of nitrogens with zero attached hydrogens (tertiary/aromatic N) is 3. The SMILES string of the molecule is CCNC(=NCCCN1CCCCCC1=O)NCCCCN1CCC(C(N)=O)CC1. The molecule has 0 saturated carbocycles. The molecule has 172 valence electrons. The van der Waals surface area contributed by atoms with Crippen LogP contribution in [0, 0.1) is 5.92 Å². The lowest BCUT2D eigenvalue weighted by molar-refractivity contribution is -0.130. The average Bonchev–Trinajstić information content (AvgIpc) is 2.95. The number of carbonyl (C=O) groups is 2. The summed E-state index contributed by atoms with van der Waals surface area (Å²) in [6.45, 7) is 9.28. The Hall–Kier alpha value is -1.83. The minimum Gasteiger partial charge on any atom is -0.369 e. The van der Waals surface area contributed by atoms with Gasteiger partial charge in [-0.1, -0.05) is 6.42 Å². The maximum absolute atomic E-state index is 12.0. The predicted molar refractivity (Wildman–Crippen MR) is 121 cm³/mol. The summed E-state index contributed by atoms with van der Waals surface area (Å²) in [7, 11) is 0. The van der Waals surface area contributed by atoms with Crippen molar-refractivity contribution in [3.63, 3.8) is 0 Å². The van der Waals surface area contributed by atoms with Gasteiger partial charge >= 0.3 is 0 Å². The normalized spacial score (nSPS) is 19.6. The van der Waals surface area contributed by atoms with Crippen LogP contribution in [0.15, 0.2) is 4.99 Å². The second-order valence-corrected chi connectivity index (χ2v) is 8.46. The van der Waals surface area contributed by atoms with Crippen LogP contribution in [-0.2, 0) is 9.59 Å². The summed E-state index contributed by atoms with van der Waals surface area (Å²) in [6, 6.07) is 0. The number of amides is 2. The molecule has 8 heteroatoms. The molecule has 2 aliphatic rings. The molecule has 2 aliphatic heterocycles. The summed E-state index contributed by atoms with van der Waals surface area (Å²) in [6.07, 6.45) is 8.95. The molecule has 2 amide bonds. The Morgan fingerprint density at radius 3 is 2.60 bits per heavy atom. The van der Waals surface area contributed by atoms with Crippen molar-refractivity contribution in [3.8, 4) is 0 Å². The van der Waals surface area contributed by atoms with E-state index in [1.807, 2.05) is 4.90 Å². The van der Waals surface area contributed by atoms with Gasteiger partial charge in [-0.2, -0.15) is 0 Å². The highest BCUT2D eigenvalue weighted by atomic mass is 16.2. The lowest BCUT2D eigenvalue weighted by Gasteiger charge is -2.30. The van der Waals surface area contributed by atoms with Gasteiger partial charge in [-0.15, -0.1) is 0 Å². The van der Waals surface area contributed by atoms with Crippen molar-refractivity contribution < 1.29 is 9.59 Å². The molecular weight excluding hydrogens is 380 g/mol. The summed E-state index contributed by atoms with van der Waals surface area (Å²) < 4.78 is 0. The van der Waals surface area contributed by atoms with E-state index in [0.29, 0.717) is 12.3 Å². The number of primary amides is 1. The van der Waals surface area contributed by atoms with E-state index >= 15 is 0 Å². The summed E-state index contributed by atoms with van der Waals surface area (Å²) in [5, 5.41) is 6.72. The predicted octanol–water partition coefficient (Wildman–Crippen LogP) is 1.31. The molecule has 0 aliphatic carbocycles. The number of hydrogen-bond acceptors (Lipinski definition) is 4. The van der Waals surface area contributed by atoms with Gasteiger partial charge in [0.05, 0.1) is 0 Å². The van der Waals surface area contributed by atoms with Crippen molar-refractivity contribution in [3.05, 3.63) is 0 Å². The van der Waals surface area contributed by atoms with Gasteiger partial charge in [0.2, 0.25) is 11.8 Å². The molecule has 0 aromatic heterocycles. The Morgan fingerprint density at radius 1 is 1.07 bits per heavy atom. The first-order valence-electron chi connectivity index (χ1n) is 11.9. The summed E-state index contributed by atoms with van der Waals surface area (Å²) in [5.41, 5.74) is 5.40. The van der Waals surface area contributed by atoms with Crippen LogP contribution in [0.4, 0.5) is 0 Å². The number of aliphatic imine (C=N–C) groups is 1. The van der Waals surface area contributed by atoms with E-state index in [9.17, 15) is 9.59 Å². The third kappa shape index (κ3) is 9.32. The minimum atomic E-state index is -0.146. The van der Waals surface area contributed by atoms with Crippen molar-refractivity contribution in [2.24, 2.45) is 16.6 Å². The Kier molecular flexibility index (Phi) is 11.6. The van der Waals surface area contributed by atoms with Crippen molar-refractivity contribution in [2.75, 3.05) is 52.4 Å². The van der Waals surface area contributed by atoms with Crippen molar-refractivity contribution in [1.29, 1.82) is 0 Å². The lowest BCUT2D eigenvalue weighted by Crippen LogP contribution is -2.40. The van der Waals surface area contributed by atoms with Crippen molar-refractivity contribution in [2.45, 2.75) is 64.7 Å². The van der Waals surface area contributed by atoms with Crippen LogP contribution in [0.25, 0.3) is 0 Å². The molecule has 30 heavy (non-hydrogen) atoms. The van der Waals surface area contributed by atoms with E-state index in [-0.39, 0.29) is 11.8 Å². The highest BCUT2D eigenvalue weighted by Gasteiger charge is 2.22. The van der Waals surface area contributed by atoms with E-state index < -0.39 is 0 Å². The Balaban J connectivity index is 1.57. The van der Waals surface area contributed by atoms with Crippen LogP contribution in [0.1, 0.15) is 64.7 Å². The molecule has 0 aromatic carbocycles. The number of guanidine groups is 1. The molecule has 0 radical (unpaired) electrons. The van der Waals surface area contributed by atoms with Gasteiger partial charge in [0.15, 0.2) is 5.96 Å². The van der Waals surface area contributed by atoms with E-state index in [1.54, 1.807) is 0 Å². The standard InChI is InChI=1S/C22H42N6O2/c1-2-24-22(26-13-8-16-28-15-6-3-4-9-20(28)29)25-12-5-7-14-27-17-10-19(11-18-27)21(23)30/h19H,2-18H2,1H3,(H2,23,30)(H2,24,25,26). The quantitative estimate of drug-likeness (QED) is 0.265. The molecule has 2 fully saturated rings. The number of nitrogens with one attached hydrogen (secondary N) is 2. The summed E-state index contributed by atoms with van der Waals surface area (Å²) in [5.74, 6) is 1.09. The van der Waals surface area contributed by atoms with Gasteiger partial charge in [-0.3, -0.25) is 14.6 Å². The second-order valence-electron chi connectivity index (χ2n) is 8.46. The first-order valence-corrected chi connectivity index (χ1v) is 11.9. The van der Waals surface area contributed by atoms with Crippen LogP contribution in [-0.4, -0.2) is 79.9 Å². The Labute approximate surface area is 182 Å². The molecule has 0 unspecified atom stereocenters. The van der Waals surface area contributed by atoms with E-state index in [2.05, 4.69) is 27.4 Å². The van der Waals surface area contributed by atoms with E-state index in [1.165, 1.54) is 6.42 Å². The lowest BCUT2D eigenvalue weighted by atomic mass is 9.96. The topological polar surface area (TPSA) is 103 Å². The zero-order valence-electron chi connectivity index (χ0n) is 18.8. The Bertz CT molecular complexity index is 546. The van der Waals surface area contributed by atoms with Crippen LogP contribution < -0.4 is 16.4 Å². The fourth-order valence-corrected chi connectivity index (χ4v) is 4.18. The zero-order chi connectivity index (χ0) is 21.6. The third-order valence-corrected chi connectivity index (χ3v) is 6.06. The second kappa shape index (κ2) is 14.2. The summed E-state index contributed by atoms with van der Waals surface area (Å²) >= 11 is 0. The van der Waals surface area contributed by atoms with Crippen LogP contribution in [0.5, 0.6) is 0 Å². The maximum atomic E-state index is 12.0. The molecule has 0 atom stereocenters. The highest BCUT2D eigenvalue weighted by Crippen LogP contribution is 2.16. The number of likely N-dealkylation sites (tertiary alicyclic amines) is 2. The first kappa shape index (κ1) is 24.4. The van der Waals surface area contributed by atoms with E-state index in [0.717, 1.165) is 103 Å². The largest absolute Gasteiger partial charge is 0.369 e. The highest BCUT2D eigenvalue weighted by molar-refractivity contribution is 5.79. The molecule has 0 aromatic rings. The first-order chi connectivity index (χ1) is 14.6. The fourth-order valence-electron chi connectivity index (χ4n) is 4.18. The van der Waals surface area contributed by atoms with Gasteiger partial charge in [-0.25, -0.2) is 0 Å². The third-order valence-electron chi connectivity index (χ3n) is 6.06. The van der Waals surface area contributed by atoms with Gasteiger partial charge in [0, 0.05) is 45.1 Å². The molecule has 0 spiro atoms. The molecule has 2 heterocycles. The molecule has 2 saturated heterocycles. The van der Waals surface area contributed by atoms with Gasteiger partial charge in [0.25, 0.3) is 0 Å². The number of unbranched alkanes of at least 4 members (excludes halogenated alkanes) is 1. The number of carbonyl (C=O) groups excluding carboxylic acids is 2. The van der Waals surface area contributed by atoms with Crippen LogP contribution in [0.3, 0.4) is 0 Å². The van der Waals surface area contributed by atoms with Crippen LogP contribution in [0.2, 0.25) is 0 Å². The number of nitrogens with two attached hydrogens (primary N) is 1. The monoisotopic (exact) mass is 422 g/mol. The molecule has 2 rings (SSSR count). The minimum absolute atomic E-state index is 0.0688. The Morgan fingerprint density at radius 2 is 1.87 bits per heavy atom. The molecule has 4 N–H and O–H groups in total. The number of piperidine rings is 1. The smallest absolute Gasteiger partial charge is 0.222 e. The van der Waals surface area contributed by atoms with E-state index in [4.69, 9.17) is 5.73 Å². The molecule has 8 nitrogen and oxygen atoms in total. The van der Waals surface area contributed by atoms with Gasteiger partial charge in [-0.05, 0) is 71.5 Å². The van der Waals surface area contributed by atoms with Gasteiger partial charge in [0.1, 0.15) is 0 Å². The summed E-state index contributed by atoms with van der Waals surface area (Å²) in [4.78, 5) is 32.4. The fraction of sp³-hybridized carbons (Fsp3) is 0.864. The molecule has 0 bridgehead atoms. The average molecular weight is 423 g/mol.